The van der Waals surface area contributed by atoms with Crippen molar-refractivity contribution in [2.24, 2.45) is 7.05 Å². The largest absolute Gasteiger partial charge is 0.279 e. The van der Waals surface area contributed by atoms with E-state index in [2.05, 4.69) is 46.3 Å². The standard InChI is InChI=1S/C17H19N3/c1-3-12-20(13-15-10-11-18-19(15)2)17-9-8-14-6-4-5-7-16(14)17/h1,4-7,10-11,17H,8-9,12-13H2,2H3/t17-/m0/s1. The van der Waals surface area contributed by atoms with E-state index in [0.29, 0.717) is 12.6 Å². The maximum atomic E-state index is 5.57. The lowest BCUT2D eigenvalue weighted by molar-refractivity contribution is 0.208. The number of hydrogen-bond donors (Lipinski definition) is 0. The quantitative estimate of drug-likeness (QED) is 0.792. The van der Waals surface area contributed by atoms with Crippen molar-refractivity contribution in [2.75, 3.05) is 6.54 Å². The Balaban J connectivity index is 1.85. The summed E-state index contributed by atoms with van der Waals surface area (Å²) < 4.78 is 1.92. The monoisotopic (exact) mass is 265 g/mol. The highest BCUT2D eigenvalue weighted by Gasteiger charge is 2.27. The van der Waals surface area contributed by atoms with Crippen LogP contribution in [0.15, 0.2) is 36.5 Å². The van der Waals surface area contributed by atoms with Crippen molar-refractivity contribution in [3.05, 3.63) is 53.3 Å². The van der Waals surface area contributed by atoms with Crippen molar-refractivity contribution in [2.45, 2.75) is 25.4 Å². The summed E-state index contributed by atoms with van der Waals surface area (Å²) in [6.45, 7) is 1.52. The summed E-state index contributed by atoms with van der Waals surface area (Å²) in [6.07, 6.45) is 9.71. The second kappa shape index (κ2) is 5.52. The number of aromatic nitrogens is 2. The zero-order chi connectivity index (χ0) is 13.9. The highest BCUT2D eigenvalue weighted by molar-refractivity contribution is 5.34. The fourth-order valence-corrected chi connectivity index (χ4v) is 3.07. The summed E-state index contributed by atoms with van der Waals surface area (Å²) in [7, 11) is 1.98. The first-order chi connectivity index (χ1) is 9.79. The summed E-state index contributed by atoms with van der Waals surface area (Å²) in [5, 5.41) is 4.24. The van der Waals surface area contributed by atoms with Gasteiger partial charge in [0.15, 0.2) is 0 Å². The molecule has 2 aromatic rings. The van der Waals surface area contributed by atoms with E-state index in [-0.39, 0.29) is 0 Å². The van der Waals surface area contributed by atoms with Crippen LogP contribution in [0.5, 0.6) is 0 Å². The summed E-state index contributed by atoms with van der Waals surface area (Å²) in [6, 6.07) is 11.2. The minimum atomic E-state index is 0.428. The molecule has 0 fully saturated rings. The summed E-state index contributed by atoms with van der Waals surface area (Å²) in [5.41, 5.74) is 4.10. The fraction of sp³-hybridized carbons (Fsp3) is 0.353. The van der Waals surface area contributed by atoms with Gasteiger partial charge in [-0.05, 0) is 30.0 Å². The van der Waals surface area contributed by atoms with E-state index >= 15 is 0 Å². The first-order valence-electron chi connectivity index (χ1n) is 7.02. The molecule has 102 valence electrons. The van der Waals surface area contributed by atoms with Crippen molar-refractivity contribution >= 4 is 0 Å². The molecule has 3 nitrogen and oxygen atoms in total. The van der Waals surface area contributed by atoms with Crippen LogP contribution in [-0.2, 0) is 20.0 Å². The van der Waals surface area contributed by atoms with Crippen molar-refractivity contribution in [3.63, 3.8) is 0 Å². The van der Waals surface area contributed by atoms with Gasteiger partial charge in [-0.3, -0.25) is 9.58 Å². The molecule has 20 heavy (non-hydrogen) atoms. The topological polar surface area (TPSA) is 21.1 Å². The lowest BCUT2D eigenvalue weighted by atomic mass is 10.1. The number of aryl methyl sites for hydroxylation is 2. The Bertz CT molecular complexity index is 636. The van der Waals surface area contributed by atoms with Crippen molar-refractivity contribution < 1.29 is 0 Å². The average molecular weight is 265 g/mol. The Morgan fingerprint density at radius 2 is 2.25 bits per heavy atom. The third-order valence-electron chi connectivity index (χ3n) is 4.12. The molecule has 3 heteroatoms. The maximum Gasteiger partial charge on any atom is 0.0608 e. The van der Waals surface area contributed by atoms with Gasteiger partial charge in [-0.15, -0.1) is 6.42 Å². The number of nitrogens with zero attached hydrogens (tertiary/aromatic N) is 3. The van der Waals surface area contributed by atoms with Crippen molar-refractivity contribution in [1.29, 1.82) is 0 Å². The Hall–Kier alpha value is -2.05. The smallest absolute Gasteiger partial charge is 0.0608 e. The molecule has 0 radical (unpaired) electrons. The summed E-state index contributed by atoms with van der Waals surface area (Å²) >= 11 is 0. The van der Waals surface area contributed by atoms with Crippen LogP contribution in [0.4, 0.5) is 0 Å². The molecular formula is C17H19N3. The van der Waals surface area contributed by atoms with Gasteiger partial charge in [0.25, 0.3) is 0 Å². The van der Waals surface area contributed by atoms with E-state index in [9.17, 15) is 0 Å². The zero-order valence-corrected chi connectivity index (χ0v) is 11.8. The minimum Gasteiger partial charge on any atom is -0.279 e. The number of terminal acetylenes is 1. The molecule has 1 heterocycles. The lowest BCUT2D eigenvalue weighted by Gasteiger charge is -2.27. The molecule has 0 saturated heterocycles. The predicted octanol–water partition coefficient (Wildman–Crippen LogP) is 2.54. The summed E-state index contributed by atoms with van der Waals surface area (Å²) in [4.78, 5) is 2.38. The van der Waals surface area contributed by atoms with Gasteiger partial charge >= 0.3 is 0 Å². The first-order valence-corrected chi connectivity index (χ1v) is 7.02. The van der Waals surface area contributed by atoms with Gasteiger partial charge in [0.05, 0.1) is 12.2 Å². The van der Waals surface area contributed by atoms with Gasteiger partial charge in [0.2, 0.25) is 0 Å². The van der Waals surface area contributed by atoms with Crippen molar-refractivity contribution in [1.82, 2.24) is 14.7 Å². The number of benzene rings is 1. The Labute approximate surface area is 120 Å². The normalized spacial score (nSPS) is 17.1. The van der Waals surface area contributed by atoms with Crippen LogP contribution in [-0.4, -0.2) is 21.2 Å². The Morgan fingerprint density at radius 3 is 3.00 bits per heavy atom. The van der Waals surface area contributed by atoms with Crippen LogP contribution in [0.3, 0.4) is 0 Å². The maximum absolute atomic E-state index is 5.57. The molecule has 3 rings (SSSR count). The van der Waals surface area contributed by atoms with Gasteiger partial charge in [0, 0.05) is 25.8 Å². The van der Waals surface area contributed by atoms with Gasteiger partial charge in [-0.1, -0.05) is 30.2 Å². The number of hydrogen-bond acceptors (Lipinski definition) is 2. The molecule has 1 atom stereocenters. The van der Waals surface area contributed by atoms with E-state index in [1.54, 1.807) is 0 Å². The van der Waals surface area contributed by atoms with Crippen LogP contribution in [0.1, 0.15) is 29.3 Å². The molecule has 0 aliphatic heterocycles. The number of fused-ring (bicyclic) bond motifs is 1. The highest BCUT2D eigenvalue weighted by atomic mass is 15.3. The van der Waals surface area contributed by atoms with Gasteiger partial charge in [0.1, 0.15) is 0 Å². The molecular weight excluding hydrogens is 246 g/mol. The van der Waals surface area contributed by atoms with Crippen molar-refractivity contribution in [3.8, 4) is 12.3 Å². The highest BCUT2D eigenvalue weighted by Crippen LogP contribution is 2.36. The van der Waals surface area contributed by atoms with Gasteiger partial charge < -0.3 is 0 Å². The van der Waals surface area contributed by atoms with E-state index in [1.165, 1.54) is 16.8 Å². The third kappa shape index (κ3) is 2.35. The van der Waals surface area contributed by atoms with Gasteiger partial charge in [-0.25, -0.2) is 0 Å². The van der Waals surface area contributed by atoms with E-state index in [0.717, 1.165) is 19.4 Å². The SMILES string of the molecule is C#CCN(Cc1ccnn1C)[C@H]1CCc2ccccc21. The number of rotatable bonds is 4. The van der Waals surface area contributed by atoms with E-state index in [4.69, 9.17) is 6.42 Å². The van der Waals surface area contributed by atoms with Crippen LogP contribution in [0.2, 0.25) is 0 Å². The fourth-order valence-electron chi connectivity index (χ4n) is 3.07. The Morgan fingerprint density at radius 1 is 1.40 bits per heavy atom. The molecule has 0 saturated carbocycles. The first kappa shape index (κ1) is 13.0. The minimum absolute atomic E-state index is 0.428. The third-order valence-corrected chi connectivity index (χ3v) is 4.12. The summed E-state index contributed by atoms with van der Waals surface area (Å²) in [5.74, 6) is 2.80. The zero-order valence-electron chi connectivity index (χ0n) is 11.8. The molecule has 0 N–H and O–H groups in total. The molecule has 0 amide bonds. The second-order valence-corrected chi connectivity index (χ2v) is 5.31. The van der Waals surface area contributed by atoms with Crippen LogP contribution in [0.25, 0.3) is 0 Å². The molecule has 0 bridgehead atoms. The van der Waals surface area contributed by atoms with Gasteiger partial charge in [-0.2, -0.15) is 5.10 Å². The molecule has 1 aliphatic rings. The lowest BCUT2D eigenvalue weighted by Crippen LogP contribution is -2.28. The molecule has 1 aromatic heterocycles. The molecule has 0 spiro atoms. The van der Waals surface area contributed by atoms with E-state index < -0.39 is 0 Å². The molecule has 1 aromatic carbocycles. The predicted molar refractivity (Wildman–Crippen MR) is 80.0 cm³/mol. The average Bonchev–Trinajstić information content (AvgIpc) is 3.05. The van der Waals surface area contributed by atoms with Crippen LogP contribution in [0, 0.1) is 12.3 Å². The second-order valence-electron chi connectivity index (χ2n) is 5.31. The Kier molecular flexibility index (Phi) is 3.58. The molecule has 1 aliphatic carbocycles. The van der Waals surface area contributed by atoms with Crippen LogP contribution < -0.4 is 0 Å². The van der Waals surface area contributed by atoms with Crippen LogP contribution >= 0.6 is 0 Å². The molecule has 0 unspecified atom stereocenters. The van der Waals surface area contributed by atoms with E-state index in [1.807, 2.05) is 17.9 Å².